The SMILES string of the molecule is CC(O)c1cc(=O)c(O)cn1C1=CC(c2ccccc2)=C=C=C1. The fourth-order valence-electron chi connectivity index (χ4n) is 2.41. The number of pyridine rings is 1. The molecule has 0 aliphatic heterocycles. The maximum Gasteiger partial charge on any atom is 0.223 e. The van der Waals surface area contributed by atoms with Crippen molar-refractivity contribution >= 4 is 11.3 Å². The molecule has 3 rings (SSSR count). The lowest BCUT2D eigenvalue weighted by molar-refractivity contribution is 0.191. The lowest BCUT2D eigenvalue weighted by Gasteiger charge is -2.17. The molecule has 0 bridgehead atoms. The summed E-state index contributed by atoms with van der Waals surface area (Å²) in [6, 6.07) is 11.0. The lowest BCUT2D eigenvalue weighted by atomic mass is 10.0. The molecule has 0 fully saturated rings. The van der Waals surface area contributed by atoms with Crippen molar-refractivity contribution in [1.29, 1.82) is 0 Å². The Morgan fingerprint density at radius 1 is 1.22 bits per heavy atom. The number of benzene rings is 1. The van der Waals surface area contributed by atoms with Gasteiger partial charge in [-0.15, -0.1) is 0 Å². The van der Waals surface area contributed by atoms with Crippen molar-refractivity contribution in [3.8, 4) is 5.75 Å². The van der Waals surface area contributed by atoms with Gasteiger partial charge in [0.15, 0.2) is 5.75 Å². The predicted molar refractivity (Wildman–Crippen MR) is 88.7 cm³/mol. The molecule has 1 aliphatic rings. The number of nitrogens with zero attached hydrogens (tertiary/aromatic N) is 1. The van der Waals surface area contributed by atoms with Gasteiger partial charge in [0, 0.05) is 17.7 Å². The smallest absolute Gasteiger partial charge is 0.223 e. The molecule has 2 aromatic rings. The van der Waals surface area contributed by atoms with Gasteiger partial charge in [-0.1, -0.05) is 41.8 Å². The molecule has 0 saturated carbocycles. The number of aromatic nitrogens is 1. The van der Waals surface area contributed by atoms with E-state index in [1.165, 1.54) is 12.3 Å². The fraction of sp³-hybridized carbons (Fsp3) is 0.105. The highest BCUT2D eigenvalue weighted by atomic mass is 16.3. The van der Waals surface area contributed by atoms with Crippen LogP contribution >= 0.6 is 0 Å². The molecule has 2 N–H and O–H groups in total. The Balaban J connectivity index is 2.13. The minimum absolute atomic E-state index is 0.372. The zero-order valence-electron chi connectivity index (χ0n) is 12.5. The van der Waals surface area contributed by atoms with Crippen molar-refractivity contribution in [3.63, 3.8) is 0 Å². The zero-order valence-corrected chi connectivity index (χ0v) is 12.5. The number of rotatable bonds is 3. The Bertz CT molecular complexity index is 936. The topological polar surface area (TPSA) is 62.5 Å². The van der Waals surface area contributed by atoms with Crippen LogP contribution in [-0.4, -0.2) is 14.8 Å². The van der Waals surface area contributed by atoms with Crippen LogP contribution < -0.4 is 5.43 Å². The molecule has 4 nitrogen and oxygen atoms in total. The summed E-state index contributed by atoms with van der Waals surface area (Å²) in [6.07, 6.45) is 4.00. The van der Waals surface area contributed by atoms with Crippen molar-refractivity contribution in [3.05, 3.63) is 87.7 Å². The van der Waals surface area contributed by atoms with Crippen molar-refractivity contribution in [2.24, 2.45) is 0 Å². The number of allylic oxidation sites excluding steroid dienone is 4. The van der Waals surface area contributed by atoms with Gasteiger partial charge in [0.1, 0.15) is 0 Å². The summed E-state index contributed by atoms with van der Waals surface area (Å²) >= 11 is 0. The maximum absolute atomic E-state index is 11.6. The van der Waals surface area contributed by atoms with Crippen LogP contribution in [0, 0.1) is 0 Å². The van der Waals surface area contributed by atoms with E-state index in [1.54, 1.807) is 17.6 Å². The molecule has 0 amide bonds. The van der Waals surface area contributed by atoms with Gasteiger partial charge in [-0.2, -0.15) is 0 Å². The van der Waals surface area contributed by atoms with Crippen molar-refractivity contribution in [2.45, 2.75) is 13.0 Å². The van der Waals surface area contributed by atoms with E-state index in [4.69, 9.17) is 0 Å². The summed E-state index contributed by atoms with van der Waals surface area (Å²) in [5.41, 5.74) is 8.34. The van der Waals surface area contributed by atoms with Crippen LogP contribution in [-0.2, 0) is 0 Å². The van der Waals surface area contributed by atoms with Gasteiger partial charge in [0.05, 0.1) is 23.7 Å². The number of aromatic hydroxyl groups is 1. The summed E-state index contributed by atoms with van der Waals surface area (Å²) in [5, 5.41) is 19.6. The van der Waals surface area contributed by atoms with Gasteiger partial charge in [0.2, 0.25) is 5.43 Å². The standard InChI is InChI=1S/C19H15NO3/c1-13(21)17-11-18(22)19(23)12-20(17)16-9-5-8-15(10-16)14-6-3-2-4-7-14/h2-4,6-7,9-13,21,23H,1H3. The minimum Gasteiger partial charge on any atom is -0.503 e. The van der Waals surface area contributed by atoms with Gasteiger partial charge < -0.3 is 14.8 Å². The Hall–Kier alpha value is -3.03. The molecular weight excluding hydrogens is 290 g/mol. The van der Waals surface area contributed by atoms with E-state index in [0.717, 1.165) is 11.1 Å². The second-order valence-electron chi connectivity index (χ2n) is 5.26. The predicted octanol–water partition coefficient (Wildman–Crippen LogP) is 2.86. The van der Waals surface area contributed by atoms with Crippen LogP contribution in [0.4, 0.5) is 0 Å². The third-order valence-electron chi connectivity index (χ3n) is 3.57. The molecule has 1 aromatic carbocycles. The van der Waals surface area contributed by atoms with Crippen molar-refractivity contribution < 1.29 is 10.2 Å². The number of aliphatic hydroxyl groups is 1. The largest absolute Gasteiger partial charge is 0.503 e. The Labute approximate surface area is 133 Å². The van der Waals surface area contributed by atoms with E-state index < -0.39 is 11.5 Å². The van der Waals surface area contributed by atoms with E-state index in [2.05, 4.69) is 11.5 Å². The summed E-state index contributed by atoms with van der Waals surface area (Å²) in [5.74, 6) is -0.372. The van der Waals surface area contributed by atoms with Gasteiger partial charge >= 0.3 is 0 Å². The Morgan fingerprint density at radius 3 is 2.65 bits per heavy atom. The third-order valence-corrected chi connectivity index (χ3v) is 3.57. The van der Waals surface area contributed by atoms with E-state index in [-0.39, 0.29) is 5.75 Å². The summed E-state index contributed by atoms with van der Waals surface area (Å²) in [4.78, 5) is 11.6. The minimum atomic E-state index is -0.854. The number of hydrogen-bond acceptors (Lipinski definition) is 3. The molecular formula is C19H15NO3. The van der Waals surface area contributed by atoms with Gasteiger partial charge in [0.25, 0.3) is 0 Å². The summed E-state index contributed by atoms with van der Waals surface area (Å²) in [6.45, 7) is 1.57. The van der Waals surface area contributed by atoms with E-state index in [1.807, 2.05) is 36.4 Å². The summed E-state index contributed by atoms with van der Waals surface area (Å²) in [7, 11) is 0. The molecule has 0 saturated heterocycles. The first kappa shape index (κ1) is 14.9. The first-order valence-corrected chi connectivity index (χ1v) is 7.19. The highest BCUT2D eigenvalue weighted by molar-refractivity contribution is 5.83. The van der Waals surface area contributed by atoms with E-state index in [9.17, 15) is 15.0 Å². The molecule has 4 heteroatoms. The highest BCUT2D eigenvalue weighted by Gasteiger charge is 2.13. The molecule has 1 heterocycles. The van der Waals surface area contributed by atoms with Crippen molar-refractivity contribution in [1.82, 2.24) is 4.57 Å². The quantitative estimate of drug-likeness (QED) is 0.857. The Kier molecular flexibility index (Phi) is 3.88. The first-order valence-electron chi connectivity index (χ1n) is 7.19. The van der Waals surface area contributed by atoms with E-state index in [0.29, 0.717) is 11.4 Å². The molecule has 1 unspecified atom stereocenters. The van der Waals surface area contributed by atoms with Crippen LogP contribution in [0.25, 0.3) is 11.3 Å². The maximum atomic E-state index is 11.6. The van der Waals surface area contributed by atoms with E-state index >= 15 is 0 Å². The molecule has 1 atom stereocenters. The number of hydrogen-bond donors (Lipinski definition) is 2. The second kappa shape index (κ2) is 5.99. The number of aliphatic hydroxyl groups excluding tert-OH is 1. The van der Waals surface area contributed by atoms with Crippen molar-refractivity contribution in [2.75, 3.05) is 0 Å². The summed E-state index contributed by atoms with van der Waals surface area (Å²) < 4.78 is 1.58. The second-order valence-corrected chi connectivity index (χ2v) is 5.26. The first-order chi connectivity index (χ1) is 11.1. The Morgan fingerprint density at radius 2 is 1.96 bits per heavy atom. The van der Waals surface area contributed by atoms with Gasteiger partial charge in [-0.25, -0.2) is 0 Å². The molecule has 1 aliphatic carbocycles. The van der Waals surface area contributed by atoms with Crippen LogP contribution in [0.5, 0.6) is 5.75 Å². The molecule has 23 heavy (non-hydrogen) atoms. The highest BCUT2D eigenvalue weighted by Crippen LogP contribution is 2.24. The normalized spacial score (nSPS) is 14.3. The zero-order chi connectivity index (χ0) is 16.4. The van der Waals surface area contributed by atoms with Crippen LogP contribution in [0.15, 0.2) is 71.0 Å². The molecule has 114 valence electrons. The van der Waals surface area contributed by atoms with Gasteiger partial charge in [-0.05, 0) is 18.6 Å². The molecule has 0 radical (unpaired) electrons. The third kappa shape index (κ3) is 2.96. The average molecular weight is 305 g/mol. The molecule has 1 aromatic heterocycles. The lowest BCUT2D eigenvalue weighted by Crippen LogP contribution is -2.13. The molecule has 0 spiro atoms. The fourth-order valence-corrected chi connectivity index (χ4v) is 2.41. The van der Waals surface area contributed by atoms with Crippen LogP contribution in [0.2, 0.25) is 0 Å². The van der Waals surface area contributed by atoms with Crippen LogP contribution in [0.1, 0.15) is 24.3 Å². The van der Waals surface area contributed by atoms with Gasteiger partial charge in [-0.3, -0.25) is 4.79 Å². The monoisotopic (exact) mass is 305 g/mol. The van der Waals surface area contributed by atoms with Crippen LogP contribution in [0.3, 0.4) is 0 Å². The average Bonchev–Trinajstić information content (AvgIpc) is 2.57.